The zero-order valence-electron chi connectivity index (χ0n) is 15.0. The number of nitriles is 1. The Hall–Kier alpha value is -3.19. The normalized spacial score (nSPS) is 22.2. The molecule has 1 heterocycles. The molecule has 0 amide bonds. The second kappa shape index (κ2) is 6.85. The largest absolute Gasteiger partial charge is 0.361 e. The van der Waals surface area contributed by atoms with Crippen LogP contribution >= 0.6 is 0 Å². The fraction of sp³-hybridized carbons (Fsp3) is 0.217. The maximum Gasteiger partial charge on any atom is 0.162 e. The van der Waals surface area contributed by atoms with Crippen molar-refractivity contribution < 1.29 is 9.18 Å². The summed E-state index contributed by atoms with van der Waals surface area (Å²) in [5.41, 5.74) is 4.44. The predicted molar refractivity (Wildman–Crippen MR) is 101 cm³/mol. The number of benzene rings is 2. The van der Waals surface area contributed by atoms with E-state index in [1.54, 1.807) is 12.1 Å². The Morgan fingerprint density at radius 1 is 1.07 bits per heavy atom. The molecule has 0 radical (unpaired) electrons. The molecule has 2 aromatic rings. The molecule has 27 heavy (non-hydrogen) atoms. The average molecular weight is 358 g/mol. The Morgan fingerprint density at radius 3 is 2.52 bits per heavy atom. The van der Waals surface area contributed by atoms with Crippen molar-refractivity contribution in [3.8, 4) is 6.07 Å². The molecule has 0 fully saturated rings. The van der Waals surface area contributed by atoms with Crippen LogP contribution in [0.25, 0.3) is 0 Å². The van der Waals surface area contributed by atoms with Crippen molar-refractivity contribution >= 4 is 5.78 Å². The third kappa shape index (κ3) is 3.06. The van der Waals surface area contributed by atoms with Crippen molar-refractivity contribution in [2.24, 2.45) is 0 Å². The molecule has 2 aromatic carbocycles. The molecular formula is C23H19FN2O. The lowest BCUT2D eigenvalue weighted by molar-refractivity contribution is -0.116. The number of carbonyl (C=O) groups is 1. The minimum Gasteiger partial charge on any atom is -0.361 e. The fourth-order valence-corrected chi connectivity index (χ4v) is 4.17. The Kier molecular flexibility index (Phi) is 4.37. The van der Waals surface area contributed by atoms with E-state index in [1.807, 2.05) is 37.3 Å². The van der Waals surface area contributed by atoms with Gasteiger partial charge in [-0.2, -0.15) is 5.26 Å². The zero-order chi connectivity index (χ0) is 19.0. The lowest BCUT2D eigenvalue weighted by Crippen LogP contribution is -2.33. The molecule has 2 unspecified atom stereocenters. The topological polar surface area (TPSA) is 52.9 Å². The molecule has 4 heteroatoms. The Balaban J connectivity index is 1.80. The van der Waals surface area contributed by atoms with Crippen LogP contribution in [0.2, 0.25) is 0 Å². The van der Waals surface area contributed by atoms with Gasteiger partial charge in [0.2, 0.25) is 0 Å². The summed E-state index contributed by atoms with van der Waals surface area (Å²) in [6, 6.07) is 18.4. The van der Waals surface area contributed by atoms with Crippen molar-refractivity contribution in [1.29, 1.82) is 5.26 Å². The molecule has 2 atom stereocenters. The van der Waals surface area contributed by atoms with Gasteiger partial charge in [0.25, 0.3) is 0 Å². The summed E-state index contributed by atoms with van der Waals surface area (Å²) in [6.45, 7) is 1.84. The quantitative estimate of drug-likeness (QED) is 0.846. The van der Waals surface area contributed by atoms with Crippen LogP contribution in [0.5, 0.6) is 0 Å². The van der Waals surface area contributed by atoms with E-state index < -0.39 is 5.92 Å². The molecule has 2 aliphatic rings. The molecule has 3 nitrogen and oxygen atoms in total. The highest BCUT2D eigenvalue weighted by atomic mass is 19.1. The summed E-state index contributed by atoms with van der Waals surface area (Å²) in [5, 5.41) is 13.0. The van der Waals surface area contributed by atoms with Gasteiger partial charge >= 0.3 is 0 Å². The van der Waals surface area contributed by atoms with E-state index in [4.69, 9.17) is 0 Å². The van der Waals surface area contributed by atoms with Crippen LogP contribution in [0.3, 0.4) is 0 Å². The van der Waals surface area contributed by atoms with Gasteiger partial charge in [-0.3, -0.25) is 4.79 Å². The van der Waals surface area contributed by atoms with E-state index in [9.17, 15) is 14.4 Å². The highest BCUT2D eigenvalue weighted by Gasteiger charge is 2.38. The van der Waals surface area contributed by atoms with Crippen LogP contribution in [0.1, 0.15) is 42.7 Å². The van der Waals surface area contributed by atoms with Gasteiger partial charge in [-0.15, -0.1) is 0 Å². The third-order valence-electron chi connectivity index (χ3n) is 5.40. The zero-order valence-corrected chi connectivity index (χ0v) is 15.0. The molecule has 0 aromatic heterocycles. The van der Waals surface area contributed by atoms with Crippen LogP contribution in [0.15, 0.2) is 77.1 Å². The second-order valence-electron chi connectivity index (χ2n) is 7.09. The number of allylic oxidation sites excluding steroid dienone is 4. The highest BCUT2D eigenvalue weighted by molar-refractivity contribution is 6.00. The fourth-order valence-electron chi connectivity index (χ4n) is 4.17. The van der Waals surface area contributed by atoms with E-state index in [2.05, 4.69) is 11.4 Å². The molecule has 1 N–H and O–H groups in total. The molecule has 0 saturated carbocycles. The molecule has 1 aliphatic heterocycles. The number of dihydropyridines is 1. The van der Waals surface area contributed by atoms with Gasteiger partial charge in [-0.25, -0.2) is 4.39 Å². The van der Waals surface area contributed by atoms with E-state index in [-0.39, 0.29) is 17.5 Å². The average Bonchev–Trinajstić information content (AvgIpc) is 2.67. The summed E-state index contributed by atoms with van der Waals surface area (Å²) in [7, 11) is 0. The number of nitrogens with zero attached hydrogens (tertiary/aromatic N) is 1. The first-order valence-corrected chi connectivity index (χ1v) is 9.03. The van der Waals surface area contributed by atoms with E-state index in [0.29, 0.717) is 29.6 Å². The number of hydrogen-bond donors (Lipinski definition) is 1. The summed E-state index contributed by atoms with van der Waals surface area (Å²) in [6.07, 6.45) is 1.10. The van der Waals surface area contributed by atoms with Crippen LogP contribution < -0.4 is 5.32 Å². The standard InChI is InChI=1S/C23H19FN2O/c1-14-19(13-25)22(16-8-5-9-18(24)10-16)23-20(26-14)11-17(12-21(23)27)15-6-3-2-4-7-15/h2-10,17,22,26H,11-12H2,1H3. The van der Waals surface area contributed by atoms with Gasteiger partial charge < -0.3 is 5.32 Å². The SMILES string of the molecule is CC1=C(C#N)C(c2cccc(F)c2)C2=C(CC(c3ccccc3)CC2=O)N1. The van der Waals surface area contributed by atoms with Crippen LogP contribution in [-0.4, -0.2) is 5.78 Å². The molecule has 134 valence electrons. The number of carbonyl (C=O) groups excluding carboxylic acids is 1. The number of nitrogens with one attached hydrogen (secondary N) is 1. The predicted octanol–water partition coefficient (Wildman–Crippen LogP) is 4.71. The molecule has 0 bridgehead atoms. The van der Waals surface area contributed by atoms with Crippen molar-refractivity contribution in [3.05, 3.63) is 94.1 Å². The maximum atomic E-state index is 13.8. The molecule has 0 spiro atoms. The van der Waals surface area contributed by atoms with Crippen LogP contribution in [0.4, 0.5) is 4.39 Å². The highest BCUT2D eigenvalue weighted by Crippen LogP contribution is 2.45. The van der Waals surface area contributed by atoms with Crippen molar-refractivity contribution in [3.63, 3.8) is 0 Å². The number of rotatable bonds is 2. The van der Waals surface area contributed by atoms with Gasteiger partial charge in [0, 0.05) is 23.4 Å². The van der Waals surface area contributed by atoms with Crippen molar-refractivity contribution in [2.75, 3.05) is 0 Å². The van der Waals surface area contributed by atoms with Crippen molar-refractivity contribution in [1.82, 2.24) is 5.32 Å². The Bertz CT molecular complexity index is 1010. The van der Waals surface area contributed by atoms with Gasteiger partial charge in [-0.1, -0.05) is 42.5 Å². The summed E-state index contributed by atoms with van der Waals surface area (Å²) >= 11 is 0. The second-order valence-corrected chi connectivity index (χ2v) is 7.09. The lowest BCUT2D eigenvalue weighted by atomic mass is 9.72. The summed E-state index contributed by atoms with van der Waals surface area (Å²) < 4.78 is 13.8. The van der Waals surface area contributed by atoms with E-state index in [1.165, 1.54) is 12.1 Å². The first-order valence-electron chi connectivity index (χ1n) is 9.03. The molecular weight excluding hydrogens is 339 g/mol. The first kappa shape index (κ1) is 17.2. The molecule has 1 aliphatic carbocycles. The van der Waals surface area contributed by atoms with Gasteiger partial charge in [0.05, 0.1) is 17.6 Å². The minimum atomic E-state index is -0.508. The van der Waals surface area contributed by atoms with Gasteiger partial charge in [-0.05, 0) is 42.5 Å². The molecule has 0 saturated heterocycles. The van der Waals surface area contributed by atoms with Gasteiger partial charge in [0.1, 0.15) is 5.82 Å². The lowest BCUT2D eigenvalue weighted by Gasteiger charge is -2.35. The number of Topliss-reactive ketones (excluding diaryl/α,β-unsaturated/α-hetero) is 1. The number of hydrogen-bond acceptors (Lipinski definition) is 3. The third-order valence-corrected chi connectivity index (χ3v) is 5.40. The molecule has 4 rings (SSSR count). The first-order chi connectivity index (χ1) is 13.1. The van der Waals surface area contributed by atoms with Crippen LogP contribution in [-0.2, 0) is 4.79 Å². The maximum absolute atomic E-state index is 13.8. The summed E-state index contributed by atoms with van der Waals surface area (Å²) in [4.78, 5) is 13.1. The monoisotopic (exact) mass is 358 g/mol. The Labute approximate surface area is 157 Å². The van der Waals surface area contributed by atoms with E-state index >= 15 is 0 Å². The minimum absolute atomic E-state index is 0.0205. The van der Waals surface area contributed by atoms with Gasteiger partial charge in [0.15, 0.2) is 5.78 Å². The summed E-state index contributed by atoms with van der Waals surface area (Å²) in [5.74, 6) is -0.749. The van der Waals surface area contributed by atoms with Crippen LogP contribution in [0, 0.1) is 17.1 Å². The van der Waals surface area contributed by atoms with Crippen molar-refractivity contribution in [2.45, 2.75) is 31.6 Å². The van der Waals surface area contributed by atoms with E-state index in [0.717, 1.165) is 17.0 Å². The Morgan fingerprint density at radius 2 is 1.81 bits per heavy atom. The smallest absolute Gasteiger partial charge is 0.162 e. The number of ketones is 1. The number of halogens is 1.